The maximum absolute atomic E-state index is 13.0. The molecule has 2 aromatic rings. The molecule has 148 valence electrons. The van der Waals surface area contributed by atoms with Gasteiger partial charge in [-0.2, -0.15) is 0 Å². The lowest BCUT2D eigenvalue weighted by Gasteiger charge is -2.29. The van der Waals surface area contributed by atoms with Crippen molar-refractivity contribution in [1.82, 2.24) is 9.96 Å². The quantitative estimate of drug-likeness (QED) is 0.700. The molecule has 1 fully saturated rings. The van der Waals surface area contributed by atoms with Crippen LogP contribution in [0.3, 0.4) is 0 Å². The molecule has 2 amide bonds. The van der Waals surface area contributed by atoms with Crippen molar-refractivity contribution in [3.05, 3.63) is 35.4 Å². The van der Waals surface area contributed by atoms with Gasteiger partial charge in [-0.3, -0.25) is 19.3 Å². The summed E-state index contributed by atoms with van der Waals surface area (Å²) in [6.07, 6.45) is 0. The fraction of sp³-hybridized carbons (Fsp3) is 0.400. The number of hydroxylamine groups is 2. The van der Waals surface area contributed by atoms with Gasteiger partial charge in [0.05, 0.1) is 50.6 Å². The number of nitrogens with zero attached hydrogens (tertiary/aromatic N) is 2. The van der Waals surface area contributed by atoms with Gasteiger partial charge in [0.25, 0.3) is 11.8 Å². The van der Waals surface area contributed by atoms with Gasteiger partial charge < -0.3 is 14.2 Å². The van der Waals surface area contributed by atoms with E-state index >= 15 is 0 Å². The molecule has 0 saturated carbocycles. The standard InChI is InChI=1S/C20H22N2O6/c1-25-15-5-3-13-17-14(4-6-16(26-2)18(15)17)20(24)22(19(13)23)28-12-9-21-7-10-27-11-8-21/h3-6H,7-12H2,1-2H3. The summed E-state index contributed by atoms with van der Waals surface area (Å²) in [6.45, 7) is 3.84. The number of carbonyl (C=O) groups excluding carboxylic acids is 2. The maximum Gasteiger partial charge on any atom is 0.285 e. The maximum atomic E-state index is 13.0. The number of hydrogen-bond donors (Lipinski definition) is 0. The van der Waals surface area contributed by atoms with Crippen molar-refractivity contribution in [2.24, 2.45) is 0 Å². The van der Waals surface area contributed by atoms with E-state index in [4.69, 9.17) is 19.0 Å². The minimum atomic E-state index is -0.486. The Balaban J connectivity index is 1.63. The SMILES string of the molecule is COc1ccc2c3c(ccc(OC)c13)C(=O)N(OCCN1CCOCC1)C2=O. The molecule has 8 heteroatoms. The summed E-state index contributed by atoms with van der Waals surface area (Å²) in [4.78, 5) is 33.7. The highest BCUT2D eigenvalue weighted by molar-refractivity contribution is 6.26. The van der Waals surface area contributed by atoms with Crippen LogP contribution in [0.15, 0.2) is 24.3 Å². The van der Waals surface area contributed by atoms with Gasteiger partial charge in [0.1, 0.15) is 11.5 Å². The second-order valence-electron chi connectivity index (χ2n) is 6.57. The zero-order valence-electron chi connectivity index (χ0n) is 15.9. The normalized spacial score (nSPS) is 17.3. The van der Waals surface area contributed by atoms with Gasteiger partial charge >= 0.3 is 0 Å². The molecule has 28 heavy (non-hydrogen) atoms. The molecule has 0 N–H and O–H groups in total. The van der Waals surface area contributed by atoms with Crippen LogP contribution in [0.2, 0.25) is 0 Å². The summed E-state index contributed by atoms with van der Waals surface area (Å²) < 4.78 is 16.1. The highest BCUT2D eigenvalue weighted by atomic mass is 16.7. The molecule has 0 bridgehead atoms. The second-order valence-corrected chi connectivity index (χ2v) is 6.57. The first-order valence-corrected chi connectivity index (χ1v) is 9.15. The number of carbonyl (C=O) groups is 2. The van der Waals surface area contributed by atoms with E-state index in [-0.39, 0.29) is 6.61 Å². The Hall–Kier alpha value is -2.68. The summed E-state index contributed by atoms with van der Waals surface area (Å²) in [5, 5.41) is 1.99. The zero-order valence-corrected chi connectivity index (χ0v) is 15.9. The van der Waals surface area contributed by atoms with Gasteiger partial charge in [0, 0.05) is 25.0 Å². The smallest absolute Gasteiger partial charge is 0.285 e. The van der Waals surface area contributed by atoms with Gasteiger partial charge in [-0.15, -0.1) is 5.06 Å². The van der Waals surface area contributed by atoms with Crippen LogP contribution in [0.4, 0.5) is 0 Å². The number of methoxy groups -OCH3 is 2. The second kappa shape index (κ2) is 7.75. The van der Waals surface area contributed by atoms with Crippen LogP contribution in [0.25, 0.3) is 10.8 Å². The highest BCUT2D eigenvalue weighted by Crippen LogP contribution is 2.40. The molecule has 2 aromatic carbocycles. The lowest BCUT2D eigenvalue weighted by atomic mass is 9.94. The Morgan fingerprint density at radius 2 is 1.46 bits per heavy atom. The number of ether oxygens (including phenoxy) is 3. The molecule has 2 aliphatic rings. The molecule has 1 saturated heterocycles. The average molecular weight is 386 g/mol. The summed E-state index contributed by atoms with van der Waals surface area (Å²) in [7, 11) is 3.08. The lowest BCUT2D eigenvalue weighted by Crippen LogP contribution is -2.43. The molecule has 2 heterocycles. The largest absolute Gasteiger partial charge is 0.496 e. The number of morpholine rings is 1. The first-order valence-electron chi connectivity index (χ1n) is 9.15. The molecule has 2 aliphatic heterocycles. The van der Waals surface area contributed by atoms with Crippen LogP contribution in [-0.2, 0) is 9.57 Å². The van der Waals surface area contributed by atoms with Crippen molar-refractivity contribution < 1.29 is 28.6 Å². The van der Waals surface area contributed by atoms with E-state index in [1.807, 2.05) is 0 Å². The minimum absolute atomic E-state index is 0.238. The monoisotopic (exact) mass is 386 g/mol. The molecule has 4 rings (SSSR count). The Morgan fingerprint density at radius 1 is 0.893 bits per heavy atom. The van der Waals surface area contributed by atoms with Crippen molar-refractivity contribution in [3.63, 3.8) is 0 Å². The van der Waals surface area contributed by atoms with E-state index in [0.717, 1.165) is 18.2 Å². The lowest BCUT2D eigenvalue weighted by molar-refractivity contribution is -0.103. The first kappa shape index (κ1) is 18.7. The first-order chi connectivity index (χ1) is 13.7. The average Bonchev–Trinajstić information content (AvgIpc) is 2.74. The van der Waals surface area contributed by atoms with Gasteiger partial charge in [0.2, 0.25) is 0 Å². The third-order valence-electron chi connectivity index (χ3n) is 5.09. The molecule has 0 spiro atoms. The van der Waals surface area contributed by atoms with Crippen molar-refractivity contribution in [2.75, 3.05) is 53.7 Å². The molecule has 0 aliphatic carbocycles. The fourth-order valence-corrected chi connectivity index (χ4v) is 3.64. The molecular weight excluding hydrogens is 364 g/mol. The van der Waals surface area contributed by atoms with E-state index in [1.165, 1.54) is 14.2 Å². The Morgan fingerprint density at radius 3 is 2.00 bits per heavy atom. The predicted molar refractivity (Wildman–Crippen MR) is 101 cm³/mol. The molecule has 0 atom stereocenters. The van der Waals surface area contributed by atoms with E-state index in [1.54, 1.807) is 24.3 Å². The van der Waals surface area contributed by atoms with Crippen LogP contribution in [-0.4, -0.2) is 75.5 Å². The van der Waals surface area contributed by atoms with Crippen molar-refractivity contribution in [2.45, 2.75) is 0 Å². The predicted octanol–water partition coefficient (Wildman–Crippen LogP) is 1.72. The summed E-state index contributed by atoms with van der Waals surface area (Å²) in [5.41, 5.74) is 0.770. The third-order valence-corrected chi connectivity index (χ3v) is 5.09. The summed E-state index contributed by atoms with van der Waals surface area (Å²) >= 11 is 0. The highest BCUT2D eigenvalue weighted by Gasteiger charge is 2.35. The Kier molecular flexibility index (Phi) is 5.17. The third kappa shape index (κ3) is 3.09. The molecule has 8 nitrogen and oxygen atoms in total. The van der Waals surface area contributed by atoms with Gasteiger partial charge in [-0.1, -0.05) is 0 Å². The number of hydrogen-bond acceptors (Lipinski definition) is 7. The topological polar surface area (TPSA) is 77.5 Å². The number of amides is 2. The Bertz CT molecular complexity index is 864. The van der Waals surface area contributed by atoms with Crippen molar-refractivity contribution >= 4 is 22.6 Å². The van der Waals surface area contributed by atoms with Gasteiger partial charge in [0.15, 0.2) is 0 Å². The van der Waals surface area contributed by atoms with E-state index in [9.17, 15) is 9.59 Å². The summed E-state index contributed by atoms with van der Waals surface area (Å²) in [6, 6.07) is 6.70. The zero-order chi connectivity index (χ0) is 19.7. The van der Waals surface area contributed by atoms with E-state index in [2.05, 4.69) is 4.90 Å². The fourth-order valence-electron chi connectivity index (χ4n) is 3.64. The van der Waals surface area contributed by atoms with Crippen LogP contribution >= 0.6 is 0 Å². The molecule has 0 unspecified atom stereocenters. The molecular formula is C20H22N2O6. The van der Waals surface area contributed by atoms with Crippen LogP contribution in [0.5, 0.6) is 11.5 Å². The minimum Gasteiger partial charge on any atom is -0.496 e. The van der Waals surface area contributed by atoms with Gasteiger partial charge in [-0.05, 0) is 24.3 Å². The molecule has 0 radical (unpaired) electrons. The number of imide groups is 1. The number of rotatable bonds is 6. The van der Waals surface area contributed by atoms with Crippen LogP contribution < -0.4 is 9.47 Å². The van der Waals surface area contributed by atoms with Crippen LogP contribution in [0, 0.1) is 0 Å². The summed E-state index contributed by atoms with van der Waals surface area (Å²) in [5.74, 6) is 0.111. The van der Waals surface area contributed by atoms with Crippen LogP contribution in [0.1, 0.15) is 20.7 Å². The number of benzene rings is 2. The van der Waals surface area contributed by atoms with Gasteiger partial charge in [-0.25, -0.2) is 0 Å². The van der Waals surface area contributed by atoms with Crippen molar-refractivity contribution in [3.8, 4) is 11.5 Å². The van der Waals surface area contributed by atoms with E-state index in [0.29, 0.717) is 53.2 Å². The molecule has 0 aromatic heterocycles. The Labute approximate surface area is 162 Å². The van der Waals surface area contributed by atoms with Crippen molar-refractivity contribution in [1.29, 1.82) is 0 Å². The van der Waals surface area contributed by atoms with E-state index < -0.39 is 11.8 Å².